The first-order valence-electron chi connectivity index (χ1n) is 6.49. The molecule has 0 unspecified atom stereocenters. The quantitative estimate of drug-likeness (QED) is 0.798. The highest BCUT2D eigenvalue weighted by molar-refractivity contribution is 5.81. The van der Waals surface area contributed by atoms with Crippen LogP contribution in [-0.2, 0) is 12.8 Å². The maximum absolute atomic E-state index is 7.46. The van der Waals surface area contributed by atoms with E-state index < -0.39 is 0 Å². The summed E-state index contributed by atoms with van der Waals surface area (Å²) in [6.45, 7) is 0. The Morgan fingerprint density at radius 3 is 2.67 bits per heavy atom. The van der Waals surface area contributed by atoms with Crippen molar-refractivity contribution in [1.29, 1.82) is 5.41 Å². The molecule has 0 bridgehead atoms. The minimum atomic E-state index is 0.855. The first-order valence-corrected chi connectivity index (χ1v) is 6.49. The van der Waals surface area contributed by atoms with Gasteiger partial charge in [0.1, 0.15) is 0 Å². The Hall–Kier alpha value is -1.77. The van der Waals surface area contributed by atoms with E-state index in [1.54, 1.807) is 0 Å². The molecule has 1 aliphatic rings. The van der Waals surface area contributed by atoms with Crippen LogP contribution in [0.25, 0.3) is 0 Å². The number of hydrogen-bond acceptors (Lipinski definition) is 3. The van der Waals surface area contributed by atoms with Crippen molar-refractivity contribution in [2.45, 2.75) is 25.7 Å². The Balaban J connectivity index is 2.28. The van der Waals surface area contributed by atoms with Crippen LogP contribution >= 0.6 is 0 Å². The van der Waals surface area contributed by atoms with Crippen molar-refractivity contribution >= 4 is 11.9 Å². The lowest BCUT2D eigenvalue weighted by Gasteiger charge is -2.23. The van der Waals surface area contributed by atoms with Gasteiger partial charge in [0.25, 0.3) is 0 Å². The van der Waals surface area contributed by atoms with Crippen LogP contribution in [0.4, 0.5) is 5.69 Å². The fourth-order valence-corrected chi connectivity index (χ4v) is 2.46. The van der Waals surface area contributed by atoms with E-state index in [4.69, 9.17) is 5.41 Å². The van der Waals surface area contributed by atoms with Crippen molar-refractivity contribution in [3.8, 4) is 0 Å². The van der Waals surface area contributed by atoms with Crippen LogP contribution in [0.15, 0.2) is 30.1 Å². The zero-order valence-corrected chi connectivity index (χ0v) is 11.2. The van der Waals surface area contributed by atoms with Gasteiger partial charge in [-0.15, -0.1) is 0 Å². The molecule has 3 nitrogen and oxygen atoms in total. The van der Waals surface area contributed by atoms with Gasteiger partial charge in [-0.3, -0.25) is 0 Å². The molecule has 1 aromatic carbocycles. The van der Waals surface area contributed by atoms with Crippen molar-refractivity contribution < 1.29 is 0 Å². The molecule has 0 radical (unpaired) electrons. The van der Waals surface area contributed by atoms with Crippen LogP contribution in [0.5, 0.6) is 0 Å². The van der Waals surface area contributed by atoms with Crippen molar-refractivity contribution in [2.24, 2.45) is 0 Å². The van der Waals surface area contributed by atoms with Crippen molar-refractivity contribution in [2.75, 3.05) is 19.0 Å². The van der Waals surface area contributed by atoms with Crippen LogP contribution in [0.2, 0.25) is 0 Å². The van der Waals surface area contributed by atoms with E-state index in [1.165, 1.54) is 43.0 Å². The number of nitrogens with one attached hydrogen (secondary N) is 2. The summed E-state index contributed by atoms with van der Waals surface area (Å²) in [5.41, 5.74) is 4.97. The van der Waals surface area contributed by atoms with Gasteiger partial charge in [0.15, 0.2) is 0 Å². The van der Waals surface area contributed by atoms with E-state index in [-0.39, 0.29) is 0 Å². The van der Waals surface area contributed by atoms with Gasteiger partial charge >= 0.3 is 0 Å². The molecule has 0 amide bonds. The number of rotatable bonds is 4. The highest BCUT2D eigenvalue weighted by Crippen LogP contribution is 2.26. The summed E-state index contributed by atoms with van der Waals surface area (Å²) in [4.78, 5) is 2.04. The van der Waals surface area contributed by atoms with Crippen LogP contribution in [0, 0.1) is 5.41 Å². The fraction of sp³-hybridized carbons (Fsp3) is 0.400. The largest absolute Gasteiger partial charge is 0.392 e. The molecular formula is C15H21N3. The van der Waals surface area contributed by atoms with Gasteiger partial charge in [0, 0.05) is 32.2 Å². The van der Waals surface area contributed by atoms with Gasteiger partial charge in [-0.1, -0.05) is 6.07 Å². The van der Waals surface area contributed by atoms with Crippen LogP contribution in [0.3, 0.4) is 0 Å². The molecule has 1 aliphatic carbocycles. The van der Waals surface area contributed by atoms with Crippen LogP contribution in [-0.4, -0.2) is 20.3 Å². The van der Waals surface area contributed by atoms with Crippen molar-refractivity contribution in [3.05, 3.63) is 41.2 Å². The Kier molecular flexibility index (Phi) is 4.03. The normalized spacial score (nSPS) is 14.9. The zero-order chi connectivity index (χ0) is 13.0. The molecule has 18 heavy (non-hydrogen) atoms. The molecule has 0 atom stereocenters. The van der Waals surface area contributed by atoms with E-state index in [0.717, 1.165) is 11.4 Å². The summed E-state index contributed by atoms with van der Waals surface area (Å²) in [7, 11) is 3.85. The van der Waals surface area contributed by atoms with Crippen LogP contribution < -0.4 is 10.2 Å². The molecule has 0 spiro atoms. The smallest absolute Gasteiger partial charge is 0.0746 e. The molecule has 0 saturated heterocycles. The molecule has 0 saturated carbocycles. The molecule has 3 heteroatoms. The topological polar surface area (TPSA) is 39.1 Å². The van der Waals surface area contributed by atoms with E-state index in [1.807, 2.05) is 25.2 Å². The number of nitrogens with zero attached hydrogens (tertiary/aromatic N) is 1. The van der Waals surface area contributed by atoms with Gasteiger partial charge in [-0.25, -0.2) is 0 Å². The Morgan fingerprint density at radius 1 is 1.28 bits per heavy atom. The van der Waals surface area contributed by atoms with Gasteiger partial charge in [-0.05, 0) is 48.9 Å². The fourth-order valence-electron chi connectivity index (χ4n) is 2.46. The number of benzene rings is 1. The lowest BCUT2D eigenvalue weighted by Crippen LogP contribution is -2.20. The molecular weight excluding hydrogens is 222 g/mol. The number of fused-ring (bicyclic) bond motifs is 1. The Labute approximate surface area is 109 Å². The van der Waals surface area contributed by atoms with Crippen molar-refractivity contribution in [1.82, 2.24) is 5.32 Å². The zero-order valence-electron chi connectivity index (χ0n) is 11.2. The van der Waals surface area contributed by atoms with Crippen molar-refractivity contribution in [3.63, 3.8) is 0 Å². The number of anilines is 1. The molecule has 2 N–H and O–H groups in total. The molecule has 1 aromatic rings. The molecule has 96 valence electrons. The maximum Gasteiger partial charge on any atom is 0.0746 e. The third kappa shape index (κ3) is 2.55. The maximum atomic E-state index is 7.46. The summed E-state index contributed by atoms with van der Waals surface area (Å²) in [6.07, 6.45) is 8.22. The molecule has 0 aliphatic heterocycles. The van der Waals surface area contributed by atoms with E-state index in [9.17, 15) is 0 Å². The summed E-state index contributed by atoms with van der Waals surface area (Å²) in [5.74, 6) is 0. The lowest BCUT2D eigenvalue weighted by molar-refractivity contribution is 0.685. The van der Waals surface area contributed by atoms with Gasteiger partial charge in [0.05, 0.1) is 5.70 Å². The number of allylic oxidation sites excluding steroid dienone is 1. The summed E-state index contributed by atoms with van der Waals surface area (Å²) in [5, 5.41) is 10.4. The minimum absolute atomic E-state index is 0.855. The second-order valence-electron chi connectivity index (χ2n) is 4.72. The number of aryl methyl sites for hydroxylation is 2. The van der Waals surface area contributed by atoms with E-state index in [0.29, 0.717) is 0 Å². The third-order valence-corrected chi connectivity index (χ3v) is 3.55. The average molecular weight is 243 g/mol. The second-order valence-corrected chi connectivity index (χ2v) is 4.72. The third-order valence-electron chi connectivity index (χ3n) is 3.55. The Morgan fingerprint density at radius 2 is 2.00 bits per heavy atom. The minimum Gasteiger partial charge on any atom is -0.392 e. The van der Waals surface area contributed by atoms with Crippen LogP contribution in [0.1, 0.15) is 24.0 Å². The molecule has 2 rings (SSSR count). The molecule has 0 fully saturated rings. The van der Waals surface area contributed by atoms with E-state index in [2.05, 4.69) is 23.5 Å². The van der Waals surface area contributed by atoms with Gasteiger partial charge in [0.2, 0.25) is 0 Å². The van der Waals surface area contributed by atoms with Gasteiger partial charge < -0.3 is 15.6 Å². The summed E-state index contributed by atoms with van der Waals surface area (Å²) >= 11 is 0. The Bertz CT molecular complexity index is 463. The standard InChI is InChI=1S/C15H21N3/c1-17-11-15(10-16)18(2)14-8-7-12-5-3-4-6-13(12)9-14/h7-11,16-17H,3-6H2,1-2H3/b15-11+,16-10?. The van der Waals surface area contributed by atoms with Gasteiger partial charge in [-0.2, -0.15) is 0 Å². The second kappa shape index (κ2) is 5.71. The summed E-state index contributed by atoms with van der Waals surface area (Å²) < 4.78 is 0. The number of hydrogen-bond donors (Lipinski definition) is 2. The first-order chi connectivity index (χ1) is 8.76. The lowest BCUT2D eigenvalue weighted by atomic mass is 9.91. The predicted octanol–water partition coefficient (Wildman–Crippen LogP) is 2.71. The highest BCUT2D eigenvalue weighted by Gasteiger charge is 2.12. The molecule has 0 aromatic heterocycles. The predicted molar refractivity (Wildman–Crippen MR) is 77.4 cm³/mol. The summed E-state index contributed by atoms with van der Waals surface area (Å²) in [6, 6.07) is 6.65. The average Bonchev–Trinajstić information content (AvgIpc) is 2.43. The first kappa shape index (κ1) is 12.7. The van der Waals surface area contributed by atoms with E-state index >= 15 is 0 Å². The SMILES string of the molecule is CN/C=C(\C=N)N(C)c1ccc2c(c1)CCCC2. The highest BCUT2D eigenvalue weighted by atomic mass is 15.1. The monoisotopic (exact) mass is 243 g/mol. The molecule has 0 heterocycles.